The number of sulfonamides is 1. The molecule has 1 N–H and O–H groups in total. The van der Waals surface area contributed by atoms with Crippen molar-refractivity contribution in [2.24, 2.45) is 0 Å². The third kappa shape index (κ3) is 6.02. The lowest BCUT2D eigenvalue weighted by molar-refractivity contribution is -0.141. The van der Waals surface area contributed by atoms with E-state index in [9.17, 15) is 22.8 Å². The molecule has 0 unspecified atom stereocenters. The van der Waals surface area contributed by atoms with Crippen molar-refractivity contribution >= 4 is 39.3 Å². The molecule has 3 amide bonds. The van der Waals surface area contributed by atoms with Gasteiger partial charge >= 0.3 is 0 Å². The van der Waals surface area contributed by atoms with Crippen molar-refractivity contribution in [3.8, 4) is 0 Å². The highest BCUT2D eigenvalue weighted by atomic mass is 35.5. The number of amides is 3. The van der Waals surface area contributed by atoms with Crippen LogP contribution in [0.25, 0.3) is 0 Å². The van der Waals surface area contributed by atoms with Crippen molar-refractivity contribution < 1.29 is 22.8 Å². The largest absolute Gasteiger partial charge is 0.352 e. The molecular formula is C25H30ClN3O5S. The zero-order valence-corrected chi connectivity index (χ0v) is 21.6. The van der Waals surface area contributed by atoms with Crippen LogP contribution in [-0.4, -0.2) is 54.0 Å². The first kappa shape index (κ1) is 26.7. The Kier molecular flexibility index (Phi) is 8.56. The molecule has 10 heteroatoms. The van der Waals surface area contributed by atoms with Crippen LogP contribution >= 0.6 is 11.6 Å². The van der Waals surface area contributed by atoms with Crippen LogP contribution in [0.5, 0.6) is 0 Å². The third-order valence-electron chi connectivity index (χ3n) is 6.10. The molecule has 3 rings (SSSR count). The summed E-state index contributed by atoms with van der Waals surface area (Å²) in [5.74, 6) is -1.17. The van der Waals surface area contributed by atoms with Crippen LogP contribution in [0, 0.1) is 0 Å². The van der Waals surface area contributed by atoms with E-state index in [-0.39, 0.29) is 54.2 Å². The maximum Gasteiger partial charge on any atom is 0.269 e. The van der Waals surface area contributed by atoms with Crippen LogP contribution in [-0.2, 0) is 26.2 Å². The van der Waals surface area contributed by atoms with Crippen LogP contribution in [0.3, 0.4) is 0 Å². The predicted octanol–water partition coefficient (Wildman–Crippen LogP) is 3.60. The summed E-state index contributed by atoms with van der Waals surface area (Å²) >= 11 is 5.97. The van der Waals surface area contributed by atoms with Gasteiger partial charge in [-0.3, -0.25) is 14.4 Å². The molecule has 0 spiro atoms. The van der Waals surface area contributed by atoms with E-state index in [0.717, 1.165) is 16.3 Å². The molecule has 0 saturated heterocycles. The molecule has 1 heterocycles. The molecule has 0 radical (unpaired) electrons. The van der Waals surface area contributed by atoms with Crippen LogP contribution in [0.4, 0.5) is 0 Å². The van der Waals surface area contributed by atoms with Crippen LogP contribution in [0.1, 0.15) is 56.0 Å². The summed E-state index contributed by atoms with van der Waals surface area (Å²) in [6.45, 7) is 5.58. The normalized spacial score (nSPS) is 15.9. The van der Waals surface area contributed by atoms with Gasteiger partial charge in [-0.05, 0) is 56.5 Å². The van der Waals surface area contributed by atoms with Gasteiger partial charge in [0.15, 0.2) is 0 Å². The van der Waals surface area contributed by atoms with Gasteiger partial charge in [0.25, 0.3) is 15.9 Å². The van der Waals surface area contributed by atoms with Gasteiger partial charge in [-0.25, -0.2) is 12.7 Å². The SMILES string of the molecule is CC[C@H](C)NC(=O)[C@@H](C)N(Cc1ccc(Cl)cc1)C(=O)CCCN1C(=O)c2ccccc2S1(=O)=O. The summed E-state index contributed by atoms with van der Waals surface area (Å²) < 4.78 is 26.3. The zero-order valence-electron chi connectivity index (χ0n) is 20.0. The van der Waals surface area contributed by atoms with Gasteiger partial charge in [-0.2, -0.15) is 0 Å². The molecule has 0 saturated carbocycles. The molecule has 0 aromatic heterocycles. The maximum absolute atomic E-state index is 13.2. The number of carbonyl (C=O) groups excluding carboxylic acids is 3. The van der Waals surface area contributed by atoms with Crippen molar-refractivity contribution in [3.63, 3.8) is 0 Å². The van der Waals surface area contributed by atoms with Crippen molar-refractivity contribution in [1.82, 2.24) is 14.5 Å². The number of halogens is 1. The second kappa shape index (κ2) is 11.2. The van der Waals surface area contributed by atoms with Gasteiger partial charge in [0.2, 0.25) is 11.8 Å². The van der Waals surface area contributed by atoms with Gasteiger partial charge in [0, 0.05) is 30.6 Å². The highest BCUT2D eigenvalue weighted by Gasteiger charge is 2.40. The summed E-state index contributed by atoms with van der Waals surface area (Å²) in [6.07, 6.45) is 0.864. The smallest absolute Gasteiger partial charge is 0.269 e. The Balaban J connectivity index is 1.71. The molecule has 0 bridgehead atoms. The summed E-state index contributed by atoms with van der Waals surface area (Å²) in [4.78, 5) is 40.1. The second-order valence-electron chi connectivity index (χ2n) is 8.62. The maximum atomic E-state index is 13.2. The number of nitrogens with zero attached hydrogens (tertiary/aromatic N) is 2. The average molecular weight is 520 g/mol. The van der Waals surface area contributed by atoms with Crippen LogP contribution < -0.4 is 5.32 Å². The average Bonchev–Trinajstić information content (AvgIpc) is 3.03. The Labute approximate surface area is 211 Å². The first-order valence-electron chi connectivity index (χ1n) is 11.6. The van der Waals surface area contributed by atoms with Gasteiger partial charge in [0.05, 0.1) is 5.56 Å². The summed E-state index contributed by atoms with van der Waals surface area (Å²) in [7, 11) is -3.93. The molecule has 0 aliphatic carbocycles. The zero-order chi connectivity index (χ0) is 25.8. The standard InChI is InChI=1S/C25H30ClN3O5S/c1-4-17(2)27-24(31)18(3)28(16-19-11-13-20(26)14-12-19)23(30)10-7-15-29-25(32)21-8-5-6-9-22(21)35(29,33)34/h5-6,8-9,11-14,17-18H,4,7,10,15-16H2,1-3H3,(H,27,31)/t17-,18+/m0/s1. The first-order chi connectivity index (χ1) is 16.6. The molecule has 2 atom stereocenters. The van der Waals surface area contributed by atoms with E-state index in [1.165, 1.54) is 17.0 Å². The monoisotopic (exact) mass is 519 g/mol. The van der Waals surface area contributed by atoms with Crippen molar-refractivity contribution in [3.05, 3.63) is 64.7 Å². The van der Waals surface area contributed by atoms with Crippen molar-refractivity contribution in [1.29, 1.82) is 0 Å². The van der Waals surface area contributed by atoms with E-state index in [1.807, 2.05) is 13.8 Å². The fourth-order valence-electron chi connectivity index (χ4n) is 3.80. The Morgan fingerprint density at radius 2 is 1.74 bits per heavy atom. The molecule has 2 aromatic rings. The number of carbonyl (C=O) groups is 3. The van der Waals surface area contributed by atoms with Gasteiger partial charge in [-0.15, -0.1) is 0 Å². The third-order valence-corrected chi connectivity index (χ3v) is 8.19. The van der Waals surface area contributed by atoms with Gasteiger partial charge in [0.1, 0.15) is 10.9 Å². The minimum Gasteiger partial charge on any atom is -0.352 e. The van der Waals surface area contributed by atoms with Crippen LogP contribution in [0.2, 0.25) is 5.02 Å². The van der Waals surface area contributed by atoms with Crippen molar-refractivity contribution in [2.75, 3.05) is 6.54 Å². The Hall–Kier alpha value is -2.91. The molecular weight excluding hydrogens is 490 g/mol. The molecule has 35 heavy (non-hydrogen) atoms. The van der Waals surface area contributed by atoms with Gasteiger partial charge in [-0.1, -0.05) is 42.8 Å². The fraction of sp³-hybridized carbons (Fsp3) is 0.400. The second-order valence-corrected chi connectivity index (χ2v) is 10.9. The minimum atomic E-state index is -3.93. The number of nitrogens with one attached hydrogen (secondary N) is 1. The lowest BCUT2D eigenvalue weighted by atomic mass is 10.1. The minimum absolute atomic E-state index is 0.0176. The van der Waals surface area contributed by atoms with E-state index in [2.05, 4.69) is 5.32 Å². The Morgan fingerprint density at radius 3 is 2.37 bits per heavy atom. The molecule has 0 fully saturated rings. The van der Waals surface area contributed by atoms with E-state index < -0.39 is 22.0 Å². The van der Waals surface area contributed by atoms with E-state index >= 15 is 0 Å². The molecule has 8 nitrogen and oxygen atoms in total. The first-order valence-corrected chi connectivity index (χ1v) is 13.4. The quantitative estimate of drug-likeness (QED) is 0.516. The van der Waals surface area contributed by atoms with Gasteiger partial charge < -0.3 is 10.2 Å². The summed E-state index contributed by atoms with van der Waals surface area (Å²) in [6, 6.07) is 12.3. The highest BCUT2D eigenvalue weighted by Crippen LogP contribution is 2.30. The molecule has 188 valence electrons. The van der Waals surface area contributed by atoms with Crippen LogP contribution in [0.15, 0.2) is 53.4 Å². The van der Waals surface area contributed by atoms with E-state index in [1.54, 1.807) is 43.3 Å². The lowest BCUT2D eigenvalue weighted by Crippen LogP contribution is -2.49. The number of hydrogen-bond donors (Lipinski definition) is 1. The molecule has 1 aliphatic rings. The Morgan fingerprint density at radius 1 is 1.09 bits per heavy atom. The van der Waals surface area contributed by atoms with E-state index in [0.29, 0.717) is 5.02 Å². The van der Waals surface area contributed by atoms with E-state index in [4.69, 9.17) is 11.6 Å². The number of rotatable bonds is 10. The number of fused-ring (bicyclic) bond motifs is 1. The number of benzene rings is 2. The summed E-state index contributed by atoms with van der Waals surface area (Å²) in [5.41, 5.74) is 0.942. The fourth-order valence-corrected chi connectivity index (χ4v) is 5.54. The number of hydrogen-bond acceptors (Lipinski definition) is 5. The highest BCUT2D eigenvalue weighted by molar-refractivity contribution is 7.90. The lowest BCUT2D eigenvalue weighted by Gasteiger charge is -2.30. The topological polar surface area (TPSA) is 104 Å². The summed E-state index contributed by atoms with van der Waals surface area (Å²) in [5, 5.41) is 3.46. The Bertz CT molecular complexity index is 1200. The predicted molar refractivity (Wildman–Crippen MR) is 133 cm³/mol. The van der Waals surface area contributed by atoms with Crippen molar-refractivity contribution in [2.45, 2.75) is 63.6 Å². The molecule has 1 aliphatic heterocycles. The molecule has 2 aromatic carbocycles.